The third-order valence-electron chi connectivity index (χ3n) is 3.80. The first-order chi connectivity index (χ1) is 7.59. The van der Waals surface area contributed by atoms with Crippen molar-refractivity contribution in [1.29, 1.82) is 0 Å². The lowest BCUT2D eigenvalue weighted by Gasteiger charge is -2.27. The van der Waals surface area contributed by atoms with E-state index >= 15 is 0 Å². The fourth-order valence-electron chi connectivity index (χ4n) is 2.55. The van der Waals surface area contributed by atoms with Gasteiger partial charge in [-0.25, -0.2) is 0 Å². The molecule has 1 aromatic heterocycles. The molecule has 2 rings (SSSR count). The van der Waals surface area contributed by atoms with Gasteiger partial charge in [-0.2, -0.15) is 5.10 Å². The molecule has 1 aliphatic carbocycles. The van der Waals surface area contributed by atoms with Gasteiger partial charge in [0.25, 0.3) is 0 Å². The van der Waals surface area contributed by atoms with Gasteiger partial charge in [-0.05, 0) is 25.8 Å². The Morgan fingerprint density at radius 3 is 3.06 bits per heavy atom. The number of nitrogens with zero attached hydrogens (tertiary/aromatic N) is 2. The van der Waals surface area contributed by atoms with Crippen LogP contribution < -0.4 is 5.73 Å². The molecule has 1 heterocycles. The largest absolute Gasteiger partial charge is 0.327 e. The minimum absolute atomic E-state index is 0.0137. The zero-order valence-electron chi connectivity index (χ0n) is 9.94. The van der Waals surface area contributed by atoms with Gasteiger partial charge in [-0.3, -0.25) is 9.48 Å². The van der Waals surface area contributed by atoms with Gasteiger partial charge in [0.05, 0.1) is 0 Å². The molecule has 0 bridgehead atoms. The number of rotatable bonds is 3. The molecule has 2 N–H and O–H groups in total. The van der Waals surface area contributed by atoms with Crippen molar-refractivity contribution in [2.75, 3.05) is 0 Å². The number of nitrogens with two attached hydrogens (primary N) is 1. The fourth-order valence-corrected chi connectivity index (χ4v) is 2.55. The summed E-state index contributed by atoms with van der Waals surface area (Å²) >= 11 is 0. The van der Waals surface area contributed by atoms with Crippen molar-refractivity contribution >= 4 is 5.78 Å². The molecule has 2 atom stereocenters. The van der Waals surface area contributed by atoms with Gasteiger partial charge in [0.1, 0.15) is 5.69 Å². The molecule has 1 saturated carbocycles. The first-order valence-corrected chi connectivity index (χ1v) is 5.92. The summed E-state index contributed by atoms with van der Waals surface area (Å²) in [7, 11) is 0. The van der Waals surface area contributed by atoms with Gasteiger partial charge in [0, 0.05) is 24.2 Å². The Labute approximate surface area is 95.8 Å². The van der Waals surface area contributed by atoms with Crippen molar-refractivity contribution < 1.29 is 4.79 Å². The Kier molecular flexibility index (Phi) is 2.84. The average Bonchev–Trinajstić information content (AvgIpc) is 2.86. The minimum Gasteiger partial charge on any atom is -0.327 e. The number of aryl methyl sites for hydroxylation is 1. The maximum atomic E-state index is 12.5. The quantitative estimate of drug-likeness (QED) is 0.789. The van der Waals surface area contributed by atoms with Gasteiger partial charge >= 0.3 is 0 Å². The summed E-state index contributed by atoms with van der Waals surface area (Å²) in [6.45, 7) is 4.69. The number of hydrogen-bond donors (Lipinski definition) is 1. The molecule has 4 heteroatoms. The second-order valence-electron chi connectivity index (χ2n) is 4.78. The van der Waals surface area contributed by atoms with Crippen molar-refractivity contribution in [3.8, 4) is 0 Å². The minimum atomic E-state index is -0.396. The number of hydrogen-bond acceptors (Lipinski definition) is 3. The van der Waals surface area contributed by atoms with Crippen molar-refractivity contribution in [2.24, 2.45) is 11.1 Å². The summed E-state index contributed by atoms with van der Waals surface area (Å²) in [5.74, 6) is 0.150. The molecule has 4 nitrogen and oxygen atoms in total. The fraction of sp³-hybridized carbons (Fsp3) is 0.667. The summed E-state index contributed by atoms with van der Waals surface area (Å²) < 4.78 is 1.75. The van der Waals surface area contributed by atoms with Crippen LogP contribution in [0, 0.1) is 5.41 Å². The van der Waals surface area contributed by atoms with Crippen LogP contribution in [0.25, 0.3) is 0 Å². The molecule has 1 aliphatic rings. The van der Waals surface area contributed by atoms with E-state index in [1.165, 1.54) is 0 Å². The molecule has 88 valence electrons. The second kappa shape index (κ2) is 4.01. The highest BCUT2D eigenvalue weighted by Gasteiger charge is 2.44. The summed E-state index contributed by atoms with van der Waals surface area (Å²) in [6, 6.07) is 1.78. The van der Waals surface area contributed by atoms with E-state index in [-0.39, 0.29) is 11.8 Å². The van der Waals surface area contributed by atoms with Gasteiger partial charge < -0.3 is 5.73 Å². The van der Waals surface area contributed by atoms with Gasteiger partial charge in [-0.1, -0.05) is 13.3 Å². The topological polar surface area (TPSA) is 60.9 Å². The van der Waals surface area contributed by atoms with Crippen LogP contribution in [0.3, 0.4) is 0 Å². The second-order valence-corrected chi connectivity index (χ2v) is 4.78. The first kappa shape index (κ1) is 11.3. The number of carbonyl (C=O) groups is 1. The third-order valence-corrected chi connectivity index (χ3v) is 3.80. The van der Waals surface area contributed by atoms with E-state index in [9.17, 15) is 4.79 Å². The van der Waals surface area contributed by atoms with E-state index in [1.807, 2.05) is 13.8 Å². The zero-order chi connectivity index (χ0) is 11.8. The Hall–Kier alpha value is -1.16. The molecule has 2 unspecified atom stereocenters. The summed E-state index contributed by atoms with van der Waals surface area (Å²) in [5, 5.41) is 4.14. The van der Waals surface area contributed by atoms with E-state index in [0.717, 1.165) is 25.8 Å². The highest BCUT2D eigenvalue weighted by molar-refractivity contribution is 5.99. The van der Waals surface area contributed by atoms with Crippen LogP contribution in [0.2, 0.25) is 0 Å². The highest BCUT2D eigenvalue weighted by atomic mass is 16.1. The molecule has 0 radical (unpaired) electrons. The summed E-state index contributed by atoms with van der Waals surface area (Å²) in [4.78, 5) is 12.5. The van der Waals surface area contributed by atoms with E-state index in [0.29, 0.717) is 5.69 Å². The smallest absolute Gasteiger partial charge is 0.188 e. The molecular formula is C12H19N3O. The maximum absolute atomic E-state index is 12.5. The van der Waals surface area contributed by atoms with Crippen molar-refractivity contribution in [1.82, 2.24) is 9.78 Å². The molecule has 0 amide bonds. The molecule has 0 saturated heterocycles. The van der Waals surface area contributed by atoms with Crippen LogP contribution in [0.1, 0.15) is 43.6 Å². The lowest BCUT2D eigenvalue weighted by Crippen LogP contribution is -2.41. The number of aromatic nitrogens is 2. The van der Waals surface area contributed by atoms with Crippen molar-refractivity contribution in [2.45, 2.75) is 45.7 Å². The van der Waals surface area contributed by atoms with E-state index in [1.54, 1.807) is 16.9 Å². The normalized spacial score (nSPS) is 29.6. The van der Waals surface area contributed by atoms with Crippen molar-refractivity contribution in [3.05, 3.63) is 18.0 Å². The predicted octanol–water partition coefficient (Wildman–Crippen LogP) is 1.60. The zero-order valence-corrected chi connectivity index (χ0v) is 9.94. The number of carbonyl (C=O) groups excluding carboxylic acids is 1. The lowest BCUT2D eigenvalue weighted by molar-refractivity contribution is 0.0790. The standard InChI is InChI=1S/C12H19N3O/c1-3-15-9(6-8-14-15)11(16)12(2)7-4-5-10(12)13/h6,8,10H,3-5,7,13H2,1-2H3. The van der Waals surface area contributed by atoms with Crippen molar-refractivity contribution in [3.63, 3.8) is 0 Å². The molecule has 0 aliphatic heterocycles. The lowest BCUT2D eigenvalue weighted by atomic mass is 9.79. The Bertz CT molecular complexity index is 399. The van der Waals surface area contributed by atoms with E-state index in [2.05, 4.69) is 5.10 Å². The summed E-state index contributed by atoms with van der Waals surface area (Å²) in [5.41, 5.74) is 6.36. The Morgan fingerprint density at radius 2 is 2.50 bits per heavy atom. The van der Waals surface area contributed by atoms with Crippen LogP contribution >= 0.6 is 0 Å². The Balaban J connectivity index is 2.32. The summed E-state index contributed by atoms with van der Waals surface area (Å²) in [6.07, 6.45) is 4.56. The highest BCUT2D eigenvalue weighted by Crippen LogP contribution is 2.39. The monoisotopic (exact) mass is 221 g/mol. The Morgan fingerprint density at radius 1 is 1.75 bits per heavy atom. The molecule has 0 aromatic carbocycles. The van der Waals surface area contributed by atoms with Gasteiger partial charge in [-0.15, -0.1) is 0 Å². The number of Topliss-reactive ketones (excluding diaryl/α,β-unsaturated/α-hetero) is 1. The van der Waals surface area contributed by atoms with Gasteiger partial charge in [0.2, 0.25) is 0 Å². The van der Waals surface area contributed by atoms with Gasteiger partial charge in [0.15, 0.2) is 5.78 Å². The maximum Gasteiger partial charge on any atom is 0.188 e. The average molecular weight is 221 g/mol. The number of ketones is 1. The van der Waals surface area contributed by atoms with Crippen LogP contribution in [0.5, 0.6) is 0 Å². The molecule has 16 heavy (non-hydrogen) atoms. The molecule has 1 fully saturated rings. The molecule has 0 spiro atoms. The third kappa shape index (κ3) is 1.57. The predicted molar refractivity (Wildman–Crippen MR) is 62.2 cm³/mol. The van der Waals surface area contributed by atoms with Crippen LogP contribution in [0.15, 0.2) is 12.3 Å². The van der Waals surface area contributed by atoms with E-state index in [4.69, 9.17) is 5.73 Å². The first-order valence-electron chi connectivity index (χ1n) is 5.92. The molecule has 1 aromatic rings. The van der Waals surface area contributed by atoms with Crippen LogP contribution in [-0.4, -0.2) is 21.6 Å². The molecular weight excluding hydrogens is 202 g/mol. The SMILES string of the molecule is CCn1nccc1C(=O)C1(C)CCCC1N. The van der Waals surface area contributed by atoms with Crippen LogP contribution in [-0.2, 0) is 6.54 Å². The van der Waals surface area contributed by atoms with E-state index < -0.39 is 5.41 Å². The van der Waals surface area contributed by atoms with Crippen LogP contribution in [0.4, 0.5) is 0 Å².